The normalized spacial score (nSPS) is 14.2. The Bertz CT molecular complexity index is 753. The molecule has 0 atom stereocenters. The number of rotatable bonds is 4. The van der Waals surface area contributed by atoms with Crippen LogP contribution in [-0.2, 0) is 0 Å². The molecule has 0 saturated carbocycles. The molecule has 0 spiro atoms. The first-order chi connectivity index (χ1) is 12.1. The van der Waals surface area contributed by atoms with Crippen molar-refractivity contribution < 1.29 is 9.59 Å². The standard InChI is InChI=1S/C22H28O2S2/c1-9(2)19-13-14(20(25-19)10(3)4)18(24)16-15(17(13)23)21(11(5)6)26-22(16)12(7)8/h9-12H,1-8H3. The molecule has 0 amide bonds. The van der Waals surface area contributed by atoms with E-state index in [9.17, 15) is 9.59 Å². The molecule has 2 aromatic rings. The summed E-state index contributed by atoms with van der Waals surface area (Å²) in [6.45, 7) is 16.9. The average Bonchev–Trinajstić information content (AvgIpc) is 3.12. The minimum Gasteiger partial charge on any atom is -0.288 e. The van der Waals surface area contributed by atoms with Crippen molar-refractivity contribution in [3.63, 3.8) is 0 Å². The second-order valence-corrected chi connectivity index (χ2v) is 10.6. The SMILES string of the molecule is CC(C)c1sc(C(C)C)c2c1C(=O)c1c(C(C)C)sc(C(C)C)c1C2=O. The summed E-state index contributed by atoms with van der Waals surface area (Å²) in [4.78, 5) is 31.6. The van der Waals surface area contributed by atoms with Crippen LogP contribution >= 0.6 is 22.7 Å². The fraction of sp³-hybridized carbons (Fsp3) is 0.545. The molecule has 1 aliphatic rings. The monoisotopic (exact) mass is 388 g/mol. The van der Waals surface area contributed by atoms with Gasteiger partial charge in [-0.05, 0) is 23.7 Å². The fourth-order valence-corrected chi connectivity index (χ4v) is 6.32. The van der Waals surface area contributed by atoms with E-state index in [0.717, 1.165) is 19.5 Å². The number of thiophene rings is 2. The molecule has 140 valence electrons. The summed E-state index contributed by atoms with van der Waals surface area (Å²) in [5.41, 5.74) is 2.78. The number of ketones is 2. The fourth-order valence-electron chi connectivity index (χ4n) is 3.71. The van der Waals surface area contributed by atoms with Crippen molar-refractivity contribution in [1.82, 2.24) is 0 Å². The smallest absolute Gasteiger partial charge is 0.196 e. The number of fused-ring (bicyclic) bond motifs is 2. The lowest BCUT2D eigenvalue weighted by molar-refractivity contribution is 0.0977. The Balaban J connectivity index is 2.39. The van der Waals surface area contributed by atoms with Gasteiger partial charge in [-0.25, -0.2) is 0 Å². The molecular weight excluding hydrogens is 360 g/mol. The summed E-state index contributed by atoms with van der Waals surface area (Å²) in [5.74, 6) is 1.12. The average molecular weight is 389 g/mol. The van der Waals surface area contributed by atoms with Crippen molar-refractivity contribution >= 4 is 34.2 Å². The molecule has 0 saturated heterocycles. The van der Waals surface area contributed by atoms with Crippen LogP contribution in [0.5, 0.6) is 0 Å². The van der Waals surface area contributed by atoms with Crippen LogP contribution in [0.3, 0.4) is 0 Å². The highest BCUT2D eigenvalue weighted by Crippen LogP contribution is 2.48. The van der Waals surface area contributed by atoms with Gasteiger partial charge >= 0.3 is 0 Å². The molecule has 0 N–H and O–H groups in total. The molecule has 4 heteroatoms. The van der Waals surface area contributed by atoms with E-state index in [1.54, 1.807) is 22.7 Å². The minimum absolute atomic E-state index is 0.0771. The van der Waals surface area contributed by atoms with Crippen molar-refractivity contribution in [2.45, 2.75) is 79.1 Å². The Morgan fingerprint density at radius 1 is 0.462 bits per heavy atom. The molecule has 3 rings (SSSR count). The summed E-state index contributed by atoms with van der Waals surface area (Å²) in [7, 11) is 0. The zero-order valence-corrected chi connectivity index (χ0v) is 18.6. The van der Waals surface area contributed by atoms with Gasteiger partial charge in [-0.15, -0.1) is 22.7 Å². The van der Waals surface area contributed by atoms with Gasteiger partial charge in [0.05, 0.1) is 0 Å². The summed E-state index contributed by atoms with van der Waals surface area (Å²) >= 11 is 3.33. The van der Waals surface area contributed by atoms with E-state index in [1.807, 2.05) is 0 Å². The molecule has 2 aromatic heterocycles. The van der Waals surface area contributed by atoms with Gasteiger partial charge in [-0.2, -0.15) is 0 Å². The predicted molar refractivity (Wildman–Crippen MR) is 112 cm³/mol. The molecule has 0 aliphatic heterocycles. The zero-order valence-electron chi connectivity index (χ0n) is 16.9. The molecule has 26 heavy (non-hydrogen) atoms. The summed E-state index contributed by atoms with van der Waals surface area (Å²) in [6, 6.07) is 0. The predicted octanol–water partition coefficient (Wildman–Crippen LogP) is 7.08. The van der Waals surface area contributed by atoms with Crippen molar-refractivity contribution in [2.24, 2.45) is 0 Å². The van der Waals surface area contributed by atoms with Gasteiger partial charge in [0.25, 0.3) is 0 Å². The van der Waals surface area contributed by atoms with Crippen LogP contribution in [-0.4, -0.2) is 11.6 Å². The Kier molecular flexibility index (Phi) is 5.04. The third-order valence-corrected chi connectivity index (χ3v) is 8.51. The van der Waals surface area contributed by atoms with E-state index in [0.29, 0.717) is 22.3 Å². The van der Waals surface area contributed by atoms with Gasteiger partial charge in [-0.3, -0.25) is 9.59 Å². The van der Waals surface area contributed by atoms with E-state index >= 15 is 0 Å². The van der Waals surface area contributed by atoms with Crippen LogP contribution in [0.15, 0.2) is 0 Å². The van der Waals surface area contributed by atoms with E-state index in [2.05, 4.69) is 55.4 Å². The van der Waals surface area contributed by atoms with Gasteiger partial charge in [0.1, 0.15) is 0 Å². The van der Waals surface area contributed by atoms with Crippen LogP contribution in [0, 0.1) is 0 Å². The largest absolute Gasteiger partial charge is 0.288 e. The van der Waals surface area contributed by atoms with E-state index in [-0.39, 0.29) is 35.2 Å². The highest BCUT2D eigenvalue weighted by atomic mass is 32.1. The van der Waals surface area contributed by atoms with Crippen LogP contribution in [0.4, 0.5) is 0 Å². The number of carbonyl (C=O) groups is 2. The van der Waals surface area contributed by atoms with Crippen LogP contribution in [0.25, 0.3) is 0 Å². The quantitative estimate of drug-likeness (QED) is 0.478. The van der Waals surface area contributed by atoms with Gasteiger partial charge in [-0.1, -0.05) is 55.4 Å². The molecule has 2 nitrogen and oxygen atoms in total. The van der Waals surface area contributed by atoms with Crippen LogP contribution in [0.1, 0.15) is 130 Å². The van der Waals surface area contributed by atoms with Crippen molar-refractivity contribution in [1.29, 1.82) is 0 Å². The third-order valence-electron chi connectivity index (χ3n) is 4.93. The molecule has 0 unspecified atom stereocenters. The van der Waals surface area contributed by atoms with Gasteiger partial charge in [0.2, 0.25) is 0 Å². The van der Waals surface area contributed by atoms with E-state index < -0.39 is 0 Å². The summed E-state index contributed by atoms with van der Waals surface area (Å²) in [5, 5.41) is 0. The molecule has 1 aliphatic carbocycles. The molecule has 2 heterocycles. The first kappa shape index (κ1) is 19.5. The van der Waals surface area contributed by atoms with Crippen molar-refractivity contribution in [3.05, 3.63) is 41.8 Å². The number of hydrogen-bond acceptors (Lipinski definition) is 4. The minimum atomic E-state index is 0.0771. The third kappa shape index (κ3) is 2.73. The van der Waals surface area contributed by atoms with E-state index in [1.165, 1.54) is 0 Å². The first-order valence-corrected chi connectivity index (χ1v) is 11.1. The van der Waals surface area contributed by atoms with Crippen LogP contribution < -0.4 is 0 Å². The Hall–Kier alpha value is -1.26. The zero-order chi connectivity index (χ0) is 19.5. The Morgan fingerprint density at radius 2 is 0.654 bits per heavy atom. The maximum Gasteiger partial charge on any atom is 0.196 e. The highest BCUT2D eigenvalue weighted by Gasteiger charge is 2.41. The van der Waals surface area contributed by atoms with Crippen molar-refractivity contribution in [2.75, 3.05) is 0 Å². The Labute approximate surface area is 164 Å². The lowest BCUT2D eigenvalue weighted by Gasteiger charge is -2.19. The Morgan fingerprint density at radius 3 is 0.808 bits per heavy atom. The molecule has 0 aromatic carbocycles. The summed E-state index contributed by atoms with van der Waals surface area (Å²) in [6.07, 6.45) is 0. The second kappa shape index (κ2) is 6.72. The summed E-state index contributed by atoms with van der Waals surface area (Å²) < 4.78 is 0. The van der Waals surface area contributed by atoms with Gasteiger partial charge in [0.15, 0.2) is 11.6 Å². The van der Waals surface area contributed by atoms with Gasteiger partial charge in [0, 0.05) is 41.8 Å². The second-order valence-electron chi connectivity index (χ2n) is 8.44. The molecule has 0 radical (unpaired) electrons. The van der Waals surface area contributed by atoms with Crippen molar-refractivity contribution in [3.8, 4) is 0 Å². The van der Waals surface area contributed by atoms with E-state index in [4.69, 9.17) is 0 Å². The van der Waals surface area contributed by atoms with Crippen LogP contribution in [0.2, 0.25) is 0 Å². The topological polar surface area (TPSA) is 34.1 Å². The molecule has 0 fully saturated rings. The molecule has 0 bridgehead atoms. The highest BCUT2D eigenvalue weighted by molar-refractivity contribution is 7.14. The lowest BCUT2D eigenvalue weighted by Crippen LogP contribution is -2.23. The number of carbonyl (C=O) groups excluding carboxylic acids is 2. The maximum atomic E-state index is 13.6. The van der Waals surface area contributed by atoms with Gasteiger partial charge < -0.3 is 0 Å². The number of hydrogen-bond donors (Lipinski definition) is 0. The first-order valence-electron chi connectivity index (χ1n) is 9.50. The lowest BCUT2D eigenvalue weighted by atomic mass is 9.80. The maximum absolute atomic E-state index is 13.6. The molecular formula is C22H28O2S2.